The summed E-state index contributed by atoms with van der Waals surface area (Å²) in [6.45, 7) is 8.04. The van der Waals surface area contributed by atoms with E-state index in [0.29, 0.717) is 17.9 Å². The lowest BCUT2D eigenvalue weighted by Crippen LogP contribution is -2.48. The molecule has 0 bridgehead atoms. The zero-order chi connectivity index (χ0) is 14.4. The summed E-state index contributed by atoms with van der Waals surface area (Å²) in [5.41, 5.74) is 6.59. The maximum atomic E-state index is 6.59. The lowest BCUT2D eigenvalue weighted by molar-refractivity contribution is -0.604. The fourth-order valence-electron chi connectivity index (χ4n) is 3.16. The number of hydrogen-bond donors (Lipinski definition) is 1. The maximum absolute atomic E-state index is 6.59. The van der Waals surface area contributed by atoms with Gasteiger partial charge in [-0.1, -0.05) is 6.92 Å². The summed E-state index contributed by atoms with van der Waals surface area (Å²) in [7, 11) is 0. The van der Waals surface area contributed by atoms with Crippen LogP contribution in [0.15, 0.2) is 0 Å². The van der Waals surface area contributed by atoms with Gasteiger partial charge in [-0.25, -0.2) is 4.58 Å². The molecule has 2 aliphatic rings. The first-order valence-electron chi connectivity index (χ1n) is 8.25. The lowest BCUT2D eigenvalue weighted by Gasteiger charge is -2.28. The number of nitrogens with zero attached hydrogens (tertiary/aromatic N) is 1. The van der Waals surface area contributed by atoms with Crippen LogP contribution in [0, 0.1) is 11.8 Å². The minimum atomic E-state index is 0.136. The molecular weight excluding hydrogens is 252 g/mol. The van der Waals surface area contributed by atoms with E-state index in [-0.39, 0.29) is 6.17 Å². The summed E-state index contributed by atoms with van der Waals surface area (Å²) >= 11 is 0. The highest BCUT2D eigenvalue weighted by atomic mass is 16.5. The van der Waals surface area contributed by atoms with Crippen molar-refractivity contribution in [1.29, 1.82) is 0 Å². The Hall–Kier alpha value is -0.450. The zero-order valence-electron chi connectivity index (χ0n) is 13.1. The number of ether oxygens (including phenoxy) is 2. The molecular formula is C16H31N2O2+. The standard InChI is InChI=1S/C16H31N2O2/c1-3-13(2)18(12-14-4-8-19-9-5-14)16(17)15-6-10-20-11-7-15/h12-16H,3-11,17H2,1-2H3/q+1. The van der Waals surface area contributed by atoms with Crippen LogP contribution < -0.4 is 5.73 Å². The van der Waals surface area contributed by atoms with Crippen LogP contribution in [0.5, 0.6) is 0 Å². The Labute approximate surface area is 123 Å². The fraction of sp³-hybridized carbons (Fsp3) is 0.938. The van der Waals surface area contributed by atoms with E-state index in [9.17, 15) is 0 Å². The summed E-state index contributed by atoms with van der Waals surface area (Å²) in [5.74, 6) is 1.19. The van der Waals surface area contributed by atoms with Crippen molar-refractivity contribution in [3.63, 3.8) is 0 Å². The highest BCUT2D eigenvalue weighted by Crippen LogP contribution is 2.21. The van der Waals surface area contributed by atoms with Crippen LogP contribution in [-0.4, -0.2) is 49.4 Å². The fourth-order valence-corrected chi connectivity index (χ4v) is 3.16. The third-order valence-corrected chi connectivity index (χ3v) is 4.84. The SMILES string of the molecule is CCC(C)[N+](=CC1CCOCC1)C(N)C1CCOCC1. The summed E-state index contributed by atoms with van der Waals surface area (Å²) in [6.07, 6.45) is 8.14. The molecule has 2 saturated heterocycles. The Balaban J connectivity index is 2.06. The molecule has 2 rings (SSSR count). The molecule has 0 radical (unpaired) electrons. The van der Waals surface area contributed by atoms with Gasteiger partial charge in [0.2, 0.25) is 6.17 Å². The second-order valence-corrected chi connectivity index (χ2v) is 6.24. The maximum Gasteiger partial charge on any atom is 0.207 e. The second kappa shape index (κ2) is 8.11. The molecule has 116 valence electrons. The molecule has 2 atom stereocenters. The van der Waals surface area contributed by atoms with Crippen LogP contribution in [0.4, 0.5) is 0 Å². The Morgan fingerprint density at radius 2 is 1.65 bits per heavy atom. The molecule has 20 heavy (non-hydrogen) atoms. The van der Waals surface area contributed by atoms with E-state index in [0.717, 1.165) is 58.5 Å². The summed E-state index contributed by atoms with van der Waals surface area (Å²) in [4.78, 5) is 0. The molecule has 2 N–H and O–H groups in total. The summed E-state index contributed by atoms with van der Waals surface area (Å²) in [6, 6.07) is 0.510. The van der Waals surface area contributed by atoms with Crippen LogP contribution in [-0.2, 0) is 9.47 Å². The van der Waals surface area contributed by atoms with Gasteiger partial charge in [0.05, 0.1) is 0 Å². The topological polar surface area (TPSA) is 47.5 Å². The van der Waals surface area contributed by atoms with Crippen molar-refractivity contribution in [1.82, 2.24) is 0 Å². The average molecular weight is 283 g/mol. The minimum absolute atomic E-state index is 0.136. The van der Waals surface area contributed by atoms with Crippen LogP contribution in [0.3, 0.4) is 0 Å². The highest BCUT2D eigenvalue weighted by molar-refractivity contribution is 5.55. The molecule has 0 aromatic rings. The largest absolute Gasteiger partial charge is 0.381 e. The van der Waals surface area contributed by atoms with Crippen molar-refractivity contribution in [3.8, 4) is 0 Å². The molecule has 0 saturated carbocycles. The van der Waals surface area contributed by atoms with E-state index >= 15 is 0 Å². The third kappa shape index (κ3) is 4.27. The molecule has 2 unspecified atom stereocenters. The van der Waals surface area contributed by atoms with E-state index in [4.69, 9.17) is 15.2 Å². The average Bonchev–Trinajstić information content (AvgIpc) is 2.53. The van der Waals surface area contributed by atoms with Gasteiger partial charge in [0.1, 0.15) is 6.21 Å². The first kappa shape index (κ1) is 15.9. The molecule has 2 fully saturated rings. The normalized spacial score (nSPS) is 26.4. The molecule has 4 nitrogen and oxygen atoms in total. The Bertz CT molecular complexity index is 308. The van der Waals surface area contributed by atoms with Crippen molar-refractivity contribution in [2.45, 2.75) is 58.2 Å². The summed E-state index contributed by atoms with van der Waals surface area (Å²) < 4.78 is 13.4. The predicted octanol–water partition coefficient (Wildman–Crippen LogP) is 2.01. The Kier molecular flexibility index (Phi) is 6.46. The smallest absolute Gasteiger partial charge is 0.207 e. The Morgan fingerprint density at radius 3 is 2.20 bits per heavy atom. The third-order valence-electron chi connectivity index (χ3n) is 4.84. The first-order valence-corrected chi connectivity index (χ1v) is 8.25. The van der Waals surface area contributed by atoms with Crippen molar-refractivity contribution in [2.75, 3.05) is 26.4 Å². The summed E-state index contributed by atoms with van der Waals surface area (Å²) in [5, 5.41) is 0. The quantitative estimate of drug-likeness (QED) is 0.477. The molecule has 0 spiro atoms. The first-order chi connectivity index (χ1) is 9.72. The van der Waals surface area contributed by atoms with Crippen LogP contribution >= 0.6 is 0 Å². The molecule has 0 aromatic carbocycles. The van der Waals surface area contributed by atoms with Gasteiger partial charge < -0.3 is 9.47 Å². The van der Waals surface area contributed by atoms with Crippen molar-refractivity contribution in [2.24, 2.45) is 17.6 Å². The van der Waals surface area contributed by atoms with Crippen molar-refractivity contribution < 1.29 is 14.0 Å². The van der Waals surface area contributed by atoms with Crippen LogP contribution in [0.25, 0.3) is 0 Å². The van der Waals surface area contributed by atoms with Gasteiger partial charge in [0.15, 0.2) is 6.04 Å². The number of hydrogen-bond acceptors (Lipinski definition) is 3. The second-order valence-electron chi connectivity index (χ2n) is 6.24. The van der Waals surface area contributed by atoms with Crippen molar-refractivity contribution in [3.05, 3.63) is 0 Å². The zero-order valence-corrected chi connectivity index (χ0v) is 13.1. The van der Waals surface area contributed by atoms with Gasteiger partial charge in [-0.2, -0.15) is 0 Å². The van der Waals surface area contributed by atoms with E-state index in [1.54, 1.807) is 0 Å². The van der Waals surface area contributed by atoms with E-state index in [2.05, 4.69) is 24.6 Å². The molecule has 4 heteroatoms. The molecule has 2 heterocycles. The van der Waals surface area contributed by atoms with E-state index in [1.807, 2.05) is 0 Å². The van der Waals surface area contributed by atoms with Crippen molar-refractivity contribution >= 4 is 6.21 Å². The van der Waals surface area contributed by atoms with Gasteiger partial charge in [-0.3, -0.25) is 5.73 Å². The van der Waals surface area contributed by atoms with Gasteiger partial charge in [0.25, 0.3) is 0 Å². The minimum Gasteiger partial charge on any atom is -0.381 e. The number of rotatable bonds is 5. The molecule has 0 amide bonds. The van der Waals surface area contributed by atoms with Gasteiger partial charge >= 0.3 is 0 Å². The van der Waals surface area contributed by atoms with E-state index < -0.39 is 0 Å². The van der Waals surface area contributed by atoms with Gasteiger partial charge in [0, 0.05) is 44.7 Å². The Morgan fingerprint density at radius 1 is 1.10 bits per heavy atom. The van der Waals surface area contributed by atoms with Crippen LogP contribution in [0.1, 0.15) is 46.0 Å². The monoisotopic (exact) mass is 283 g/mol. The molecule has 0 aromatic heterocycles. The molecule has 2 aliphatic heterocycles. The van der Waals surface area contributed by atoms with Crippen LogP contribution in [0.2, 0.25) is 0 Å². The van der Waals surface area contributed by atoms with E-state index in [1.165, 1.54) is 0 Å². The highest BCUT2D eigenvalue weighted by Gasteiger charge is 2.32. The van der Waals surface area contributed by atoms with Gasteiger partial charge in [-0.15, -0.1) is 0 Å². The lowest BCUT2D eigenvalue weighted by atomic mass is 9.95. The molecule has 0 aliphatic carbocycles. The van der Waals surface area contributed by atoms with Gasteiger partial charge in [-0.05, 0) is 32.6 Å². The predicted molar refractivity (Wildman–Crippen MR) is 81.1 cm³/mol. The number of nitrogens with two attached hydrogens (primary N) is 1.